The van der Waals surface area contributed by atoms with Gasteiger partial charge in [0.05, 0.1) is 14.2 Å². The van der Waals surface area contributed by atoms with Crippen LogP contribution in [0.15, 0.2) is 84.0 Å². The zero-order valence-corrected chi connectivity index (χ0v) is 18.0. The van der Waals surface area contributed by atoms with Crippen LogP contribution in [-0.4, -0.2) is 25.8 Å². The van der Waals surface area contributed by atoms with Crippen molar-refractivity contribution in [3.8, 4) is 23.3 Å². The lowest BCUT2D eigenvalue weighted by Crippen LogP contribution is -2.03. The van der Waals surface area contributed by atoms with E-state index in [4.69, 9.17) is 9.47 Å². The molecule has 158 valence electrons. The number of ketones is 2. The van der Waals surface area contributed by atoms with Crippen LogP contribution < -0.4 is 9.47 Å². The van der Waals surface area contributed by atoms with E-state index < -0.39 is 0 Å². The van der Waals surface area contributed by atoms with Crippen LogP contribution in [0.3, 0.4) is 0 Å². The molecule has 0 N–H and O–H groups in total. The van der Waals surface area contributed by atoms with E-state index in [2.05, 4.69) is 11.8 Å². The molecule has 0 unspecified atom stereocenters. The first kappa shape index (κ1) is 21.1. The first-order valence-electron chi connectivity index (χ1n) is 10.3. The first-order valence-corrected chi connectivity index (χ1v) is 10.3. The quantitative estimate of drug-likeness (QED) is 0.487. The normalized spacial score (nSPS) is 14.4. The number of ether oxygens (including phenoxy) is 2. The predicted octanol–water partition coefficient (Wildman–Crippen LogP) is 4.97. The molecule has 2 aromatic carbocycles. The van der Waals surface area contributed by atoms with Gasteiger partial charge < -0.3 is 9.47 Å². The van der Waals surface area contributed by atoms with Crippen LogP contribution in [-0.2, 0) is 9.59 Å². The van der Waals surface area contributed by atoms with E-state index in [1.54, 1.807) is 14.2 Å². The van der Waals surface area contributed by atoms with Crippen molar-refractivity contribution < 1.29 is 19.1 Å². The lowest BCUT2D eigenvalue weighted by atomic mass is 9.98. The summed E-state index contributed by atoms with van der Waals surface area (Å²) in [5.74, 6) is 5.99. The van der Waals surface area contributed by atoms with Crippen LogP contribution in [0.25, 0.3) is 11.1 Å². The molecule has 2 aromatic rings. The Morgan fingerprint density at radius 1 is 0.656 bits per heavy atom. The highest BCUT2D eigenvalue weighted by atomic mass is 16.5. The number of hydrogen-bond donors (Lipinski definition) is 0. The number of carbonyl (C=O) groups excluding carboxylic acids is 2. The molecule has 0 radical (unpaired) electrons. The van der Waals surface area contributed by atoms with Crippen molar-refractivity contribution in [2.45, 2.75) is 12.8 Å². The number of rotatable bonds is 6. The predicted molar refractivity (Wildman–Crippen MR) is 125 cm³/mol. The second-order valence-corrected chi connectivity index (χ2v) is 7.36. The Balaban J connectivity index is 1.56. The van der Waals surface area contributed by atoms with E-state index in [1.165, 1.54) is 0 Å². The zero-order chi connectivity index (χ0) is 22.5. The van der Waals surface area contributed by atoms with E-state index in [9.17, 15) is 9.59 Å². The van der Waals surface area contributed by atoms with Crippen LogP contribution in [0.1, 0.15) is 24.0 Å². The standard InChI is InChI=1S/C28H22O4/c1-31-21-13-9-19(10-14-21)23-5-3-7-25(23)27(29)17-18-28(30)26-8-4-6-24(26)20-11-15-22(32-2)16-12-20/h3-6,9-16H,7-8H2,1-2H3. The number of carbonyl (C=O) groups is 2. The molecule has 2 aliphatic carbocycles. The number of methoxy groups -OCH3 is 2. The fourth-order valence-corrected chi connectivity index (χ4v) is 3.79. The van der Waals surface area contributed by atoms with Crippen molar-refractivity contribution in [1.82, 2.24) is 0 Å². The van der Waals surface area contributed by atoms with Gasteiger partial charge in [-0.15, -0.1) is 0 Å². The molecule has 0 fully saturated rings. The number of benzene rings is 2. The topological polar surface area (TPSA) is 52.6 Å². The van der Waals surface area contributed by atoms with E-state index in [0.29, 0.717) is 24.0 Å². The molecule has 4 rings (SSSR count). The van der Waals surface area contributed by atoms with Gasteiger partial charge in [0.2, 0.25) is 11.6 Å². The second-order valence-electron chi connectivity index (χ2n) is 7.36. The minimum atomic E-state index is -0.327. The molecule has 0 saturated carbocycles. The van der Waals surface area contributed by atoms with Gasteiger partial charge in [0.1, 0.15) is 11.5 Å². The fraction of sp³-hybridized carbons (Fsp3) is 0.143. The van der Waals surface area contributed by atoms with Crippen molar-refractivity contribution in [2.24, 2.45) is 0 Å². The van der Waals surface area contributed by atoms with Gasteiger partial charge in [0.25, 0.3) is 0 Å². The van der Waals surface area contributed by atoms with Crippen molar-refractivity contribution in [2.75, 3.05) is 14.2 Å². The number of Topliss-reactive ketones (excluding diaryl/α,β-unsaturated/α-hetero) is 2. The molecule has 4 heteroatoms. The Kier molecular flexibility index (Phi) is 6.19. The Morgan fingerprint density at radius 3 is 1.38 bits per heavy atom. The van der Waals surface area contributed by atoms with Crippen LogP contribution in [0.2, 0.25) is 0 Å². The Bertz CT molecular complexity index is 1140. The molecule has 0 atom stereocenters. The lowest BCUT2D eigenvalue weighted by molar-refractivity contribution is -0.112. The lowest BCUT2D eigenvalue weighted by Gasteiger charge is -2.06. The largest absolute Gasteiger partial charge is 0.497 e. The summed E-state index contributed by atoms with van der Waals surface area (Å²) < 4.78 is 10.4. The van der Waals surface area contributed by atoms with Crippen LogP contribution in [0.5, 0.6) is 11.5 Å². The highest BCUT2D eigenvalue weighted by Gasteiger charge is 2.19. The van der Waals surface area contributed by atoms with Crippen LogP contribution in [0, 0.1) is 11.8 Å². The highest BCUT2D eigenvalue weighted by Crippen LogP contribution is 2.31. The summed E-state index contributed by atoms with van der Waals surface area (Å²) in [7, 11) is 3.22. The monoisotopic (exact) mass is 422 g/mol. The molecule has 2 aliphatic rings. The Labute approximate surface area is 187 Å². The molecule has 0 spiro atoms. The maximum Gasteiger partial charge on any atom is 0.233 e. The highest BCUT2D eigenvalue weighted by molar-refractivity contribution is 6.21. The third kappa shape index (κ3) is 4.33. The summed E-state index contributed by atoms with van der Waals surface area (Å²) in [5, 5.41) is 0. The second kappa shape index (κ2) is 9.36. The zero-order valence-electron chi connectivity index (χ0n) is 18.0. The van der Waals surface area contributed by atoms with Gasteiger partial charge in [-0.2, -0.15) is 0 Å². The minimum Gasteiger partial charge on any atom is -0.497 e. The maximum absolute atomic E-state index is 12.8. The summed E-state index contributed by atoms with van der Waals surface area (Å²) in [4.78, 5) is 25.6. The van der Waals surface area contributed by atoms with Gasteiger partial charge in [-0.3, -0.25) is 9.59 Å². The molecule has 0 aliphatic heterocycles. The first-order chi connectivity index (χ1) is 15.6. The molecule has 0 amide bonds. The van der Waals surface area contributed by atoms with Gasteiger partial charge in [-0.25, -0.2) is 0 Å². The molecule has 0 aromatic heterocycles. The number of hydrogen-bond acceptors (Lipinski definition) is 4. The van der Waals surface area contributed by atoms with Crippen molar-refractivity contribution in [1.29, 1.82) is 0 Å². The maximum atomic E-state index is 12.8. The third-order valence-electron chi connectivity index (χ3n) is 5.50. The molecule has 0 saturated heterocycles. The summed E-state index contributed by atoms with van der Waals surface area (Å²) in [6.45, 7) is 0. The smallest absolute Gasteiger partial charge is 0.233 e. The molecule has 0 bridgehead atoms. The molecule has 4 nitrogen and oxygen atoms in total. The van der Waals surface area contributed by atoms with E-state index in [0.717, 1.165) is 33.8 Å². The fourth-order valence-electron chi connectivity index (χ4n) is 3.79. The molecular formula is C28H22O4. The average Bonchev–Trinajstić information content (AvgIpc) is 3.53. The average molecular weight is 422 g/mol. The molecule has 0 heterocycles. The third-order valence-corrected chi connectivity index (χ3v) is 5.50. The van der Waals surface area contributed by atoms with Gasteiger partial charge in [-0.1, -0.05) is 48.6 Å². The minimum absolute atomic E-state index is 0.327. The summed E-state index contributed by atoms with van der Waals surface area (Å²) in [5.41, 5.74) is 4.70. The van der Waals surface area contributed by atoms with Gasteiger partial charge in [-0.05, 0) is 71.2 Å². The van der Waals surface area contributed by atoms with Crippen LogP contribution >= 0.6 is 0 Å². The van der Waals surface area contributed by atoms with Gasteiger partial charge in [0, 0.05) is 11.1 Å². The SMILES string of the molecule is COc1ccc(C2=C(C(=O)C#CC(=O)C3=C(c4ccc(OC)cc4)C=CC3)CC=C2)cc1. The summed E-state index contributed by atoms with van der Waals surface area (Å²) in [6.07, 6.45) is 8.71. The van der Waals surface area contributed by atoms with Crippen molar-refractivity contribution >= 4 is 22.7 Å². The van der Waals surface area contributed by atoms with Crippen LogP contribution in [0.4, 0.5) is 0 Å². The number of allylic oxidation sites excluding steroid dienone is 8. The van der Waals surface area contributed by atoms with E-state index in [-0.39, 0.29) is 11.6 Å². The summed E-state index contributed by atoms with van der Waals surface area (Å²) in [6, 6.07) is 15.0. The van der Waals surface area contributed by atoms with E-state index in [1.807, 2.05) is 72.8 Å². The Morgan fingerprint density at radius 2 is 1.03 bits per heavy atom. The Hall–Kier alpha value is -4.10. The molecular weight excluding hydrogens is 400 g/mol. The van der Waals surface area contributed by atoms with Crippen molar-refractivity contribution in [3.05, 3.63) is 95.1 Å². The van der Waals surface area contributed by atoms with Gasteiger partial charge >= 0.3 is 0 Å². The van der Waals surface area contributed by atoms with E-state index >= 15 is 0 Å². The van der Waals surface area contributed by atoms with Crippen molar-refractivity contribution in [3.63, 3.8) is 0 Å². The molecule has 32 heavy (non-hydrogen) atoms. The summed E-state index contributed by atoms with van der Waals surface area (Å²) >= 11 is 0. The van der Waals surface area contributed by atoms with Gasteiger partial charge in [0.15, 0.2) is 0 Å².